The standard InChI is InChI=1S/C12H14N2O4/c1-6-10(18-7(2)13-6)11(15)14-9-4-3-8(5-9)12(16)17/h3-4,8-9H,5H2,1-2H3,(H,14,15)(H,16,17). The zero-order valence-electron chi connectivity index (χ0n) is 10.1. The summed E-state index contributed by atoms with van der Waals surface area (Å²) in [6.07, 6.45) is 3.65. The Morgan fingerprint density at radius 3 is 2.67 bits per heavy atom. The van der Waals surface area contributed by atoms with Gasteiger partial charge >= 0.3 is 5.97 Å². The van der Waals surface area contributed by atoms with Gasteiger partial charge in [-0.25, -0.2) is 4.98 Å². The predicted molar refractivity (Wildman–Crippen MR) is 62.1 cm³/mol. The number of hydrogen-bond donors (Lipinski definition) is 2. The summed E-state index contributed by atoms with van der Waals surface area (Å²) in [4.78, 5) is 26.7. The highest BCUT2D eigenvalue weighted by Crippen LogP contribution is 2.19. The lowest BCUT2D eigenvalue weighted by Crippen LogP contribution is -2.33. The fourth-order valence-electron chi connectivity index (χ4n) is 1.97. The van der Waals surface area contributed by atoms with Crippen LogP contribution in [0.4, 0.5) is 0 Å². The van der Waals surface area contributed by atoms with Crippen LogP contribution in [-0.4, -0.2) is 28.0 Å². The van der Waals surface area contributed by atoms with Crippen molar-refractivity contribution in [3.63, 3.8) is 0 Å². The average molecular weight is 250 g/mol. The number of carboxylic acid groups (broad SMARTS) is 1. The van der Waals surface area contributed by atoms with Crippen molar-refractivity contribution in [2.75, 3.05) is 0 Å². The van der Waals surface area contributed by atoms with Gasteiger partial charge in [0.05, 0.1) is 11.6 Å². The van der Waals surface area contributed by atoms with E-state index in [0.29, 0.717) is 18.0 Å². The number of nitrogens with zero attached hydrogens (tertiary/aromatic N) is 1. The summed E-state index contributed by atoms with van der Waals surface area (Å²) in [5.41, 5.74) is 0.529. The second kappa shape index (κ2) is 4.64. The van der Waals surface area contributed by atoms with Gasteiger partial charge in [-0.05, 0) is 13.3 Å². The molecule has 1 aliphatic carbocycles. The fraction of sp³-hybridized carbons (Fsp3) is 0.417. The number of oxazole rings is 1. The Kier molecular flexibility index (Phi) is 3.18. The molecule has 0 fully saturated rings. The van der Waals surface area contributed by atoms with Crippen molar-refractivity contribution in [2.45, 2.75) is 26.3 Å². The van der Waals surface area contributed by atoms with Crippen LogP contribution >= 0.6 is 0 Å². The number of nitrogens with one attached hydrogen (secondary N) is 1. The molecule has 1 heterocycles. The Labute approximate surface area is 104 Å². The van der Waals surface area contributed by atoms with Crippen LogP contribution in [-0.2, 0) is 4.79 Å². The molecule has 1 aliphatic rings. The molecular formula is C12H14N2O4. The molecule has 2 atom stereocenters. The Morgan fingerprint density at radius 1 is 1.44 bits per heavy atom. The van der Waals surface area contributed by atoms with E-state index in [1.54, 1.807) is 26.0 Å². The summed E-state index contributed by atoms with van der Waals surface area (Å²) >= 11 is 0. The summed E-state index contributed by atoms with van der Waals surface area (Å²) in [5, 5.41) is 11.5. The third kappa shape index (κ3) is 2.42. The SMILES string of the molecule is Cc1nc(C)c(C(=O)NC2C=CC(C(=O)O)C2)o1. The third-order valence-electron chi connectivity index (χ3n) is 2.83. The predicted octanol–water partition coefficient (Wildman–Crippen LogP) is 1.05. The highest BCUT2D eigenvalue weighted by Gasteiger charge is 2.27. The zero-order valence-corrected chi connectivity index (χ0v) is 10.1. The molecule has 0 saturated heterocycles. The molecule has 2 rings (SSSR count). The maximum Gasteiger partial charge on any atom is 0.310 e. The first-order valence-electron chi connectivity index (χ1n) is 5.63. The molecule has 2 unspecified atom stereocenters. The van der Waals surface area contributed by atoms with Crippen molar-refractivity contribution in [1.82, 2.24) is 10.3 Å². The first-order valence-corrected chi connectivity index (χ1v) is 5.63. The molecule has 0 radical (unpaired) electrons. The van der Waals surface area contributed by atoms with E-state index in [4.69, 9.17) is 9.52 Å². The van der Waals surface area contributed by atoms with Crippen molar-refractivity contribution < 1.29 is 19.1 Å². The summed E-state index contributed by atoms with van der Waals surface area (Å²) in [6, 6.07) is -0.275. The van der Waals surface area contributed by atoms with Gasteiger partial charge in [0.15, 0.2) is 5.89 Å². The molecule has 1 aromatic heterocycles. The lowest BCUT2D eigenvalue weighted by molar-refractivity contribution is -0.140. The molecule has 0 spiro atoms. The second-order valence-electron chi connectivity index (χ2n) is 4.29. The Morgan fingerprint density at radius 2 is 2.17 bits per heavy atom. The van der Waals surface area contributed by atoms with Crippen LogP contribution in [0.5, 0.6) is 0 Å². The minimum atomic E-state index is -0.880. The van der Waals surface area contributed by atoms with E-state index in [9.17, 15) is 9.59 Å². The van der Waals surface area contributed by atoms with E-state index < -0.39 is 11.9 Å². The second-order valence-corrected chi connectivity index (χ2v) is 4.29. The first-order chi connectivity index (χ1) is 8.47. The lowest BCUT2D eigenvalue weighted by atomic mass is 10.1. The summed E-state index contributed by atoms with van der Waals surface area (Å²) < 4.78 is 5.20. The van der Waals surface area contributed by atoms with E-state index in [1.165, 1.54) is 0 Å². The van der Waals surface area contributed by atoms with E-state index in [1.807, 2.05) is 0 Å². The van der Waals surface area contributed by atoms with Crippen LogP contribution in [0.25, 0.3) is 0 Å². The monoisotopic (exact) mass is 250 g/mol. The van der Waals surface area contributed by atoms with E-state index in [-0.39, 0.29) is 17.7 Å². The van der Waals surface area contributed by atoms with Crippen LogP contribution < -0.4 is 5.32 Å². The lowest BCUT2D eigenvalue weighted by Gasteiger charge is -2.10. The van der Waals surface area contributed by atoms with Gasteiger partial charge in [0.25, 0.3) is 5.91 Å². The smallest absolute Gasteiger partial charge is 0.310 e. The number of hydrogen-bond acceptors (Lipinski definition) is 4. The average Bonchev–Trinajstić information content (AvgIpc) is 2.85. The topological polar surface area (TPSA) is 92.4 Å². The van der Waals surface area contributed by atoms with Crippen LogP contribution in [0.2, 0.25) is 0 Å². The van der Waals surface area contributed by atoms with Crippen molar-refractivity contribution in [1.29, 1.82) is 0 Å². The van der Waals surface area contributed by atoms with Crippen molar-refractivity contribution >= 4 is 11.9 Å². The number of aromatic nitrogens is 1. The highest BCUT2D eigenvalue weighted by atomic mass is 16.4. The minimum Gasteiger partial charge on any atom is -0.481 e. The summed E-state index contributed by atoms with van der Waals surface area (Å²) in [6.45, 7) is 3.36. The minimum absolute atomic E-state index is 0.180. The number of carboxylic acids is 1. The number of amides is 1. The molecule has 0 aromatic carbocycles. The number of carbonyl (C=O) groups is 2. The molecule has 0 aliphatic heterocycles. The Bertz CT molecular complexity index is 518. The van der Waals surface area contributed by atoms with E-state index >= 15 is 0 Å². The van der Waals surface area contributed by atoms with Gasteiger partial charge in [-0.3, -0.25) is 9.59 Å². The van der Waals surface area contributed by atoms with Gasteiger partial charge < -0.3 is 14.8 Å². The van der Waals surface area contributed by atoms with Gasteiger partial charge in [-0.15, -0.1) is 0 Å². The molecule has 1 amide bonds. The van der Waals surface area contributed by atoms with Crippen LogP contribution in [0.1, 0.15) is 28.6 Å². The van der Waals surface area contributed by atoms with E-state index in [0.717, 1.165) is 0 Å². The maximum atomic E-state index is 11.9. The summed E-state index contributed by atoms with van der Waals surface area (Å²) in [7, 11) is 0. The molecule has 1 aromatic rings. The molecular weight excluding hydrogens is 236 g/mol. The van der Waals surface area contributed by atoms with Gasteiger partial charge in [-0.2, -0.15) is 0 Å². The number of aryl methyl sites for hydroxylation is 2. The Balaban J connectivity index is 2.00. The zero-order chi connectivity index (χ0) is 13.3. The molecule has 96 valence electrons. The summed E-state index contributed by atoms with van der Waals surface area (Å²) in [5.74, 6) is -1.17. The molecule has 2 N–H and O–H groups in total. The van der Waals surface area contributed by atoms with Crippen molar-refractivity contribution in [3.8, 4) is 0 Å². The van der Waals surface area contributed by atoms with Gasteiger partial charge in [0.2, 0.25) is 5.76 Å². The molecule has 0 bridgehead atoms. The molecule has 18 heavy (non-hydrogen) atoms. The van der Waals surface area contributed by atoms with Crippen molar-refractivity contribution in [3.05, 3.63) is 29.5 Å². The third-order valence-corrected chi connectivity index (χ3v) is 2.83. The van der Waals surface area contributed by atoms with Gasteiger partial charge in [0, 0.05) is 13.0 Å². The first kappa shape index (κ1) is 12.3. The normalized spacial score (nSPS) is 22.1. The fourth-order valence-corrected chi connectivity index (χ4v) is 1.97. The van der Waals surface area contributed by atoms with Gasteiger partial charge in [0.1, 0.15) is 0 Å². The van der Waals surface area contributed by atoms with Gasteiger partial charge in [-0.1, -0.05) is 12.2 Å². The van der Waals surface area contributed by atoms with E-state index in [2.05, 4.69) is 10.3 Å². The van der Waals surface area contributed by atoms with Crippen molar-refractivity contribution in [2.24, 2.45) is 5.92 Å². The maximum absolute atomic E-state index is 11.9. The number of rotatable bonds is 3. The Hall–Kier alpha value is -2.11. The largest absolute Gasteiger partial charge is 0.481 e. The van der Waals surface area contributed by atoms with Crippen LogP contribution in [0.3, 0.4) is 0 Å². The molecule has 0 saturated carbocycles. The molecule has 6 nitrogen and oxygen atoms in total. The molecule has 6 heteroatoms. The number of carbonyl (C=O) groups excluding carboxylic acids is 1. The highest BCUT2D eigenvalue weighted by molar-refractivity contribution is 5.92. The van der Waals surface area contributed by atoms with Crippen LogP contribution in [0, 0.1) is 19.8 Å². The quantitative estimate of drug-likeness (QED) is 0.782. The number of aliphatic carboxylic acids is 1. The van der Waals surface area contributed by atoms with Crippen LogP contribution in [0.15, 0.2) is 16.6 Å².